The Morgan fingerprint density at radius 3 is 2.70 bits per heavy atom. The number of methoxy groups -OCH3 is 1. The Morgan fingerprint density at radius 2 is 1.92 bits per heavy atom. The third kappa shape index (κ3) is 5.14. The highest BCUT2D eigenvalue weighted by Gasteiger charge is 2.42. The third-order valence-electron chi connectivity index (χ3n) is 7.41. The zero-order chi connectivity index (χ0) is 26.0. The summed E-state index contributed by atoms with van der Waals surface area (Å²) in [6.45, 7) is 5.67. The Labute approximate surface area is 215 Å². The number of ether oxygens (including phenoxy) is 3. The van der Waals surface area contributed by atoms with Crippen LogP contribution >= 0.6 is 0 Å². The Kier molecular flexibility index (Phi) is 7.08. The van der Waals surface area contributed by atoms with Crippen LogP contribution in [0.1, 0.15) is 17.5 Å². The summed E-state index contributed by atoms with van der Waals surface area (Å²) < 4.78 is 18.3. The number of rotatable bonds is 8. The highest BCUT2D eigenvalue weighted by molar-refractivity contribution is 5.84. The third-order valence-corrected chi connectivity index (χ3v) is 7.41. The normalized spacial score (nSPS) is 19.6. The number of carboxylic acid groups (broad SMARTS) is 1. The predicted octanol–water partition coefficient (Wildman–Crippen LogP) is 2.45. The van der Waals surface area contributed by atoms with Crippen LogP contribution in [0.15, 0.2) is 47.3 Å². The van der Waals surface area contributed by atoms with Gasteiger partial charge in [-0.05, 0) is 55.2 Å². The molecule has 2 aliphatic rings. The van der Waals surface area contributed by atoms with Crippen molar-refractivity contribution in [3.8, 4) is 17.2 Å². The van der Waals surface area contributed by atoms with E-state index in [4.69, 9.17) is 14.2 Å². The molecule has 1 fully saturated rings. The first kappa shape index (κ1) is 25.1. The maximum absolute atomic E-state index is 13.0. The summed E-state index contributed by atoms with van der Waals surface area (Å²) in [6, 6.07) is 13.2. The van der Waals surface area contributed by atoms with E-state index in [1.54, 1.807) is 17.7 Å². The van der Waals surface area contributed by atoms with Crippen LogP contribution in [0.2, 0.25) is 0 Å². The van der Waals surface area contributed by atoms with Gasteiger partial charge in [-0.15, -0.1) is 0 Å². The van der Waals surface area contributed by atoms with Gasteiger partial charge < -0.3 is 23.9 Å². The smallest absolute Gasteiger partial charge is 0.325 e. The number of fused-ring (bicyclic) bond motifs is 2. The lowest BCUT2D eigenvalue weighted by Gasteiger charge is -2.41. The minimum absolute atomic E-state index is 0.148. The van der Waals surface area contributed by atoms with Crippen LogP contribution in [0.4, 0.5) is 0 Å². The molecule has 0 amide bonds. The van der Waals surface area contributed by atoms with Gasteiger partial charge in [0.05, 0.1) is 12.6 Å². The second-order valence-electron chi connectivity index (χ2n) is 9.77. The van der Waals surface area contributed by atoms with Crippen molar-refractivity contribution in [3.05, 3.63) is 63.9 Å². The van der Waals surface area contributed by atoms with Crippen LogP contribution in [0, 0.1) is 6.92 Å². The molecule has 0 radical (unpaired) electrons. The summed E-state index contributed by atoms with van der Waals surface area (Å²) in [5.41, 5.74) is 1.45. The molecule has 1 saturated heterocycles. The Balaban J connectivity index is 1.32. The Bertz CT molecular complexity index is 1370. The Morgan fingerprint density at radius 1 is 1.11 bits per heavy atom. The van der Waals surface area contributed by atoms with E-state index in [1.165, 1.54) is 0 Å². The number of nitrogens with one attached hydrogen (secondary N) is 1. The average Bonchev–Trinajstić information content (AvgIpc) is 2.91. The number of aryl methyl sites for hydroxylation is 2. The zero-order valence-electron chi connectivity index (χ0n) is 21.3. The molecular formula is C28H33N3O6. The number of aliphatic carboxylic acids is 1. The molecular weight excluding hydrogens is 474 g/mol. The summed E-state index contributed by atoms with van der Waals surface area (Å²) in [4.78, 5) is 27.7. The molecule has 0 saturated carbocycles. The standard InChI is InChI=1S/C28H33N3O6/c1-19-15-26(32)31(23-17-21(35-2)4-5-22(19)23)11-8-28(27(33)34)18-30(12-9-29-28)10-7-20-3-6-24-25(16-20)37-14-13-36-24/h3-6,15-17,29H,7-14,18H2,1-2H3,(H,33,34). The van der Waals surface area contributed by atoms with Crippen molar-refractivity contribution in [1.29, 1.82) is 0 Å². The molecule has 0 spiro atoms. The number of benzene rings is 2. The van der Waals surface area contributed by atoms with Crippen molar-refractivity contribution in [3.63, 3.8) is 0 Å². The molecule has 1 unspecified atom stereocenters. The second kappa shape index (κ2) is 10.4. The molecule has 9 nitrogen and oxygen atoms in total. The van der Waals surface area contributed by atoms with E-state index in [0.29, 0.717) is 32.1 Å². The molecule has 37 heavy (non-hydrogen) atoms. The molecule has 1 atom stereocenters. The number of carboxylic acids is 1. The van der Waals surface area contributed by atoms with Gasteiger partial charge in [-0.25, -0.2) is 0 Å². The zero-order valence-corrected chi connectivity index (χ0v) is 21.3. The molecule has 1 aromatic heterocycles. The molecule has 9 heteroatoms. The minimum atomic E-state index is -1.15. The number of hydrogen-bond donors (Lipinski definition) is 2. The van der Waals surface area contributed by atoms with Crippen LogP contribution < -0.4 is 25.1 Å². The maximum Gasteiger partial charge on any atom is 0.325 e. The SMILES string of the molecule is COc1ccc2c(C)cc(=O)n(CCC3(C(=O)O)CN(CCc4ccc5c(c4)OCCO5)CCN3)c2c1. The first-order valence-corrected chi connectivity index (χ1v) is 12.7. The Hall–Kier alpha value is -3.56. The molecule has 2 aliphatic heterocycles. The van der Waals surface area contributed by atoms with Gasteiger partial charge in [0.15, 0.2) is 11.5 Å². The van der Waals surface area contributed by atoms with E-state index in [9.17, 15) is 14.7 Å². The van der Waals surface area contributed by atoms with Gasteiger partial charge in [-0.1, -0.05) is 6.07 Å². The van der Waals surface area contributed by atoms with Crippen molar-refractivity contribution >= 4 is 16.9 Å². The summed E-state index contributed by atoms with van der Waals surface area (Å²) in [7, 11) is 1.59. The predicted molar refractivity (Wildman–Crippen MR) is 140 cm³/mol. The molecule has 3 heterocycles. The first-order valence-electron chi connectivity index (χ1n) is 12.7. The number of pyridine rings is 1. The summed E-state index contributed by atoms with van der Waals surface area (Å²) in [6.07, 6.45) is 1.05. The number of hydrogen-bond acceptors (Lipinski definition) is 7. The molecule has 2 N–H and O–H groups in total. The van der Waals surface area contributed by atoms with E-state index in [0.717, 1.165) is 53.0 Å². The monoisotopic (exact) mass is 507 g/mol. The van der Waals surface area contributed by atoms with Gasteiger partial charge >= 0.3 is 5.97 Å². The van der Waals surface area contributed by atoms with Crippen LogP contribution in [0.25, 0.3) is 10.9 Å². The fourth-order valence-electron chi connectivity index (χ4n) is 5.30. The number of carbonyl (C=O) groups is 1. The number of aromatic nitrogens is 1. The van der Waals surface area contributed by atoms with Crippen LogP contribution in [0.3, 0.4) is 0 Å². The highest BCUT2D eigenvalue weighted by Crippen LogP contribution is 2.31. The van der Waals surface area contributed by atoms with E-state index in [2.05, 4.69) is 10.2 Å². The first-order chi connectivity index (χ1) is 17.9. The summed E-state index contributed by atoms with van der Waals surface area (Å²) in [5, 5.41) is 14.5. The van der Waals surface area contributed by atoms with Crippen molar-refractivity contribution in [2.75, 3.05) is 46.5 Å². The number of piperazine rings is 1. The van der Waals surface area contributed by atoms with Crippen molar-refractivity contribution < 1.29 is 24.1 Å². The topological polar surface area (TPSA) is 102 Å². The molecule has 5 rings (SSSR count). The summed E-state index contributed by atoms with van der Waals surface area (Å²) in [5.74, 6) is 1.27. The van der Waals surface area contributed by atoms with Crippen LogP contribution in [-0.4, -0.2) is 72.6 Å². The van der Waals surface area contributed by atoms with Crippen LogP contribution in [0.5, 0.6) is 17.2 Å². The number of nitrogens with zero attached hydrogens (tertiary/aromatic N) is 2. The van der Waals surface area contributed by atoms with Crippen molar-refractivity contribution in [1.82, 2.24) is 14.8 Å². The molecule has 2 aromatic carbocycles. The van der Waals surface area contributed by atoms with Crippen molar-refractivity contribution in [2.45, 2.75) is 31.8 Å². The van der Waals surface area contributed by atoms with Gasteiger partial charge in [0.1, 0.15) is 24.5 Å². The minimum Gasteiger partial charge on any atom is -0.497 e. The fourth-order valence-corrected chi connectivity index (χ4v) is 5.30. The van der Waals surface area contributed by atoms with E-state index in [1.807, 2.05) is 43.3 Å². The van der Waals surface area contributed by atoms with E-state index < -0.39 is 11.5 Å². The van der Waals surface area contributed by atoms with Gasteiger partial charge in [-0.2, -0.15) is 0 Å². The van der Waals surface area contributed by atoms with Gasteiger partial charge in [-0.3, -0.25) is 19.8 Å². The average molecular weight is 508 g/mol. The van der Waals surface area contributed by atoms with Gasteiger partial charge in [0.2, 0.25) is 0 Å². The van der Waals surface area contributed by atoms with E-state index >= 15 is 0 Å². The fraction of sp³-hybridized carbons (Fsp3) is 0.429. The van der Waals surface area contributed by atoms with E-state index in [-0.39, 0.29) is 18.5 Å². The van der Waals surface area contributed by atoms with Crippen molar-refractivity contribution in [2.24, 2.45) is 0 Å². The maximum atomic E-state index is 13.0. The summed E-state index contributed by atoms with van der Waals surface area (Å²) >= 11 is 0. The molecule has 0 aliphatic carbocycles. The molecule has 3 aromatic rings. The van der Waals surface area contributed by atoms with Crippen LogP contribution in [-0.2, 0) is 17.8 Å². The lowest BCUT2D eigenvalue weighted by atomic mass is 9.91. The quantitative estimate of drug-likeness (QED) is 0.480. The van der Waals surface area contributed by atoms with Gasteiger partial charge in [0, 0.05) is 50.2 Å². The molecule has 0 bridgehead atoms. The lowest BCUT2D eigenvalue weighted by molar-refractivity contribution is -0.147. The highest BCUT2D eigenvalue weighted by atomic mass is 16.6. The molecule has 196 valence electrons. The largest absolute Gasteiger partial charge is 0.497 e. The van der Waals surface area contributed by atoms with Gasteiger partial charge in [0.25, 0.3) is 5.56 Å². The lowest BCUT2D eigenvalue weighted by Crippen LogP contribution is -2.65. The second-order valence-corrected chi connectivity index (χ2v) is 9.77.